The van der Waals surface area contributed by atoms with Crippen molar-refractivity contribution >= 4 is 11.9 Å². The Morgan fingerprint density at radius 3 is 2.43 bits per heavy atom. The fourth-order valence-electron chi connectivity index (χ4n) is 9.84. The number of hydrogen-bond acceptors (Lipinski definition) is 4. The van der Waals surface area contributed by atoms with Crippen molar-refractivity contribution in [2.75, 3.05) is 0 Å². The predicted molar refractivity (Wildman–Crippen MR) is 146 cm³/mol. The lowest BCUT2D eigenvalue weighted by molar-refractivity contribution is -0.184. The fraction of sp³-hybridized carbons (Fsp3) is 0.812. The molecule has 5 nitrogen and oxygen atoms in total. The highest BCUT2D eigenvalue weighted by Crippen LogP contribution is 2.73. The number of hydrogen-bond donors (Lipinski definition) is 2. The van der Waals surface area contributed by atoms with Gasteiger partial charge in [0.25, 0.3) is 0 Å². The van der Waals surface area contributed by atoms with E-state index in [4.69, 9.17) is 4.74 Å². The molecule has 0 aromatic carbocycles. The van der Waals surface area contributed by atoms with Crippen molar-refractivity contribution in [1.29, 1.82) is 0 Å². The van der Waals surface area contributed by atoms with Gasteiger partial charge in [0.1, 0.15) is 6.10 Å². The summed E-state index contributed by atoms with van der Waals surface area (Å²) in [6, 6.07) is 0. The summed E-state index contributed by atoms with van der Waals surface area (Å²) in [5.74, 6) is 0.513. The second kappa shape index (κ2) is 9.54. The Morgan fingerprint density at radius 2 is 1.81 bits per heavy atom. The first-order chi connectivity index (χ1) is 17.1. The molecule has 0 heterocycles. The van der Waals surface area contributed by atoms with Gasteiger partial charge in [0.05, 0.1) is 6.10 Å². The van der Waals surface area contributed by atoms with Gasteiger partial charge in [0.2, 0.25) is 0 Å². The molecule has 0 aliphatic heterocycles. The van der Waals surface area contributed by atoms with E-state index in [9.17, 15) is 19.8 Å². The highest BCUT2D eigenvalue weighted by atomic mass is 16.5. The molecule has 208 valence electrons. The van der Waals surface area contributed by atoms with Crippen LogP contribution in [0, 0.1) is 45.3 Å². The van der Waals surface area contributed by atoms with E-state index in [2.05, 4.69) is 47.6 Å². The molecule has 3 saturated carbocycles. The van der Waals surface area contributed by atoms with Crippen molar-refractivity contribution < 1.29 is 24.5 Å². The maximum Gasteiger partial charge on any atom is 0.330 e. The first-order valence-electron chi connectivity index (χ1n) is 14.6. The molecule has 37 heavy (non-hydrogen) atoms. The number of esters is 1. The number of aliphatic hydroxyl groups excluding tert-OH is 1. The van der Waals surface area contributed by atoms with Gasteiger partial charge in [0.15, 0.2) is 0 Å². The number of allylic oxidation sites excluding steroid dienone is 3. The maximum absolute atomic E-state index is 12.5. The van der Waals surface area contributed by atoms with Gasteiger partial charge in [0, 0.05) is 17.9 Å². The molecule has 5 heteroatoms. The number of aliphatic hydroxyl groups is 1. The van der Waals surface area contributed by atoms with Crippen LogP contribution >= 0.6 is 0 Å². The zero-order valence-corrected chi connectivity index (χ0v) is 24.4. The molecule has 0 radical (unpaired) electrons. The van der Waals surface area contributed by atoms with Crippen molar-refractivity contribution in [3.63, 3.8) is 0 Å². The number of rotatable bonds is 6. The lowest BCUT2D eigenvalue weighted by Gasteiger charge is -2.65. The molecule has 0 saturated heterocycles. The van der Waals surface area contributed by atoms with Crippen LogP contribution in [0.3, 0.4) is 0 Å². The van der Waals surface area contributed by atoms with E-state index in [0.717, 1.165) is 51.4 Å². The molecule has 0 spiro atoms. The Kier molecular flexibility index (Phi) is 7.32. The van der Waals surface area contributed by atoms with E-state index in [1.807, 2.05) is 6.08 Å². The van der Waals surface area contributed by atoms with Gasteiger partial charge in [-0.1, -0.05) is 59.3 Å². The van der Waals surface area contributed by atoms with Crippen LogP contribution in [0.15, 0.2) is 23.3 Å². The Balaban J connectivity index is 1.71. The SMILES string of the molecule is CC(=O)O[C@H]1C[C@@H]2C(=CC[C@H]3C(C)(C)[C@H](O)CC[C@]23C)[C@]2(C)CC[C@H]([C@H](C)CC/C=C(/C)C(=O)O)[C@@]12C. The van der Waals surface area contributed by atoms with Gasteiger partial charge in [-0.15, -0.1) is 0 Å². The third-order valence-electron chi connectivity index (χ3n) is 12.3. The summed E-state index contributed by atoms with van der Waals surface area (Å²) in [5, 5.41) is 20.1. The second-order valence-corrected chi connectivity index (χ2v) is 14.2. The molecule has 0 aromatic heterocycles. The Bertz CT molecular complexity index is 993. The second-order valence-electron chi connectivity index (χ2n) is 14.2. The molecule has 0 aromatic rings. The number of aliphatic carboxylic acids is 1. The van der Waals surface area contributed by atoms with Gasteiger partial charge in [-0.3, -0.25) is 4.79 Å². The van der Waals surface area contributed by atoms with Crippen molar-refractivity contribution in [2.45, 2.75) is 119 Å². The highest BCUT2D eigenvalue weighted by Gasteiger charge is 2.69. The van der Waals surface area contributed by atoms with Crippen LogP contribution in [-0.4, -0.2) is 34.4 Å². The molecule has 2 N–H and O–H groups in total. The van der Waals surface area contributed by atoms with E-state index in [1.54, 1.807) is 19.4 Å². The van der Waals surface area contributed by atoms with Crippen molar-refractivity contribution in [3.05, 3.63) is 23.3 Å². The van der Waals surface area contributed by atoms with Crippen LogP contribution in [-0.2, 0) is 14.3 Å². The molecular formula is C32H50O5. The summed E-state index contributed by atoms with van der Waals surface area (Å²) in [5.41, 5.74) is 1.72. The number of carboxylic acid groups (broad SMARTS) is 1. The molecule has 3 fully saturated rings. The van der Waals surface area contributed by atoms with Crippen LogP contribution in [0.25, 0.3) is 0 Å². The van der Waals surface area contributed by atoms with Gasteiger partial charge < -0.3 is 14.9 Å². The molecule has 4 aliphatic rings. The largest absolute Gasteiger partial charge is 0.478 e. The summed E-state index contributed by atoms with van der Waals surface area (Å²) in [4.78, 5) is 23.7. The zero-order chi connectivity index (χ0) is 27.6. The van der Waals surface area contributed by atoms with E-state index < -0.39 is 5.97 Å². The lowest BCUT2D eigenvalue weighted by Crippen LogP contribution is -2.62. The quantitative estimate of drug-likeness (QED) is 0.228. The molecular weight excluding hydrogens is 464 g/mol. The monoisotopic (exact) mass is 514 g/mol. The van der Waals surface area contributed by atoms with Crippen molar-refractivity contribution in [1.82, 2.24) is 0 Å². The molecule has 4 aliphatic carbocycles. The molecule has 0 bridgehead atoms. The molecule has 0 amide bonds. The first kappa shape index (κ1) is 28.4. The number of ether oxygens (including phenoxy) is 1. The number of carbonyl (C=O) groups is 2. The van der Waals surface area contributed by atoms with Gasteiger partial charge in [-0.05, 0) is 98.2 Å². The van der Waals surface area contributed by atoms with Crippen LogP contribution in [0.4, 0.5) is 0 Å². The summed E-state index contributed by atoms with van der Waals surface area (Å²) in [7, 11) is 0. The number of carbonyl (C=O) groups excluding carboxylic acids is 1. The minimum Gasteiger partial charge on any atom is -0.478 e. The van der Waals surface area contributed by atoms with Crippen LogP contribution in [0.5, 0.6) is 0 Å². The maximum atomic E-state index is 12.5. The Labute approximate surface area is 224 Å². The fourth-order valence-corrected chi connectivity index (χ4v) is 9.84. The van der Waals surface area contributed by atoms with Crippen LogP contribution in [0.2, 0.25) is 0 Å². The third kappa shape index (κ3) is 4.22. The van der Waals surface area contributed by atoms with Crippen molar-refractivity contribution in [2.24, 2.45) is 45.3 Å². The van der Waals surface area contributed by atoms with E-state index in [-0.39, 0.29) is 39.8 Å². The summed E-state index contributed by atoms with van der Waals surface area (Å²) >= 11 is 0. The van der Waals surface area contributed by atoms with Crippen molar-refractivity contribution in [3.8, 4) is 0 Å². The lowest BCUT2D eigenvalue weighted by atomic mass is 9.40. The van der Waals surface area contributed by atoms with Gasteiger partial charge in [-0.2, -0.15) is 0 Å². The minimum atomic E-state index is -0.851. The van der Waals surface area contributed by atoms with E-state index in [0.29, 0.717) is 29.2 Å². The number of fused-ring (bicyclic) bond motifs is 5. The summed E-state index contributed by atoms with van der Waals surface area (Å²) in [6.07, 6.45) is 11.6. The van der Waals surface area contributed by atoms with Crippen LogP contribution in [0.1, 0.15) is 107 Å². The summed E-state index contributed by atoms with van der Waals surface area (Å²) < 4.78 is 6.27. The molecule has 4 rings (SSSR count). The Morgan fingerprint density at radius 1 is 1.14 bits per heavy atom. The summed E-state index contributed by atoms with van der Waals surface area (Å²) in [6.45, 7) is 17.3. The Hall–Kier alpha value is -1.62. The zero-order valence-electron chi connectivity index (χ0n) is 24.4. The smallest absolute Gasteiger partial charge is 0.330 e. The topological polar surface area (TPSA) is 83.8 Å². The standard InChI is InChI=1S/C32H50O5/c1-19(10-9-11-20(2)28(35)36)22-14-17-31(7)23-12-13-25-29(4,5)26(34)15-16-30(25,6)24(23)18-27(32(22,31)8)37-21(3)33/h11-12,19,22,24-27,34H,9-10,13-18H2,1-8H3,(H,35,36)/b20-11-/t19-,22-,24-,25+,26-,27+,30-,31+,32+/m1/s1. The van der Waals surface area contributed by atoms with Gasteiger partial charge in [-0.25, -0.2) is 4.79 Å². The van der Waals surface area contributed by atoms with E-state index >= 15 is 0 Å². The van der Waals surface area contributed by atoms with Crippen LogP contribution < -0.4 is 0 Å². The average molecular weight is 515 g/mol. The molecule has 9 atom stereocenters. The average Bonchev–Trinajstić information content (AvgIpc) is 3.09. The molecule has 0 unspecified atom stereocenters. The normalized spacial score (nSPS) is 43.6. The third-order valence-corrected chi connectivity index (χ3v) is 12.3. The number of carboxylic acids is 1. The first-order valence-corrected chi connectivity index (χ1v) is 14.6. The minimum absolute atomic E-state index is 0.0457. The predicted octanol–water partition coefficient (Wildman–Crippen LogP) is 6.94. The van der Waals surface area contributed by atoms with E-state index in [1.165, 1.54) is 0 Å². The van der Waals surface area contributed by atoms with Gasteiger partial charge >= 0.3 is 11.9 Å². The highest BCUT2D eigenvalue weighted by molar-refractivity contribution is 5.85.